The van der Waals surface area contributed by atoms with Gasteiger partial charge in [-0.15, -0.1) is 0 Å². The number of nitrogens with one attached hydrogen (secondary N) is 1. The van der Waals surface area contributed by atoms with Crippen LogP contribution in [0.4, 0.5) is 5.69 Å². The lowest BCUT2D eigenvalue weighted by Crippen LogP contribution is -2.31. The summed E-state index contributed by atoms with van der Waals surface area (Å²) in [6, 6.07) is 13.9. The second-order valence-corrected chi connectivity index (χ2v) is 6.89. The van der Waals surface area contributed by atoms with Crippen LogP contribution in [0.3, 0.4) is 0 Å². The number of aryl methyl sites for hydroxylation is 2. The third-order valence-electron chi connectivity index (χ3n) is 5.17. The van der Waals surface area contributed by atoms with Crippen LogP contribution in [0, 0.1) is 13.8 Å². The highest BCUT2D eigenvalue weighted by molar-refractivity contribution is 6.07. The molecule has 2 heterocycles. The first-order valence-electron chi connectivity index (χ1n) is 8.87. The molecule has 1 aliphatic heterocycles. The lowest BCUT2D eigenvalue weighted by molar-refractivity contribution is -0.131. The number of carboxylic acids is 1. The Bertz CT molecular complexity index is 1090. The molecule has 0 radical (unpaired) electrons. The normalized spacial score (nSPS) is 16.2. The van der Waals surface area contributed by atoms with Gasteiger partial charge in [0.15, 0.2) is 0 Å². The van der Waals surface area contributed by atoms with E-state index in [1.165, 1.54) is 0 Å². The second-order valence-electron chi connectivity index (χ2n) is 6.89. The number of nitrogens with zero attached hydrogens (tertiary/aromatic N) is 1. The smallest absolute Gasteiger partial charge is 0.328 e. The Kier molecular flexibility index (Phi) is 4.07. The summed E-state index contributed by atoms with van der Waals surface area (Å²) >= 11 is 0. The Morgan fingerprint density at radius 3 is 2.67 bits per heavy atom. The van der Waals surface area contributed by atoms with Crippen LogP contribution in [0.5, 0.6) is 0 Å². The molecule has 0 bridgehead atoms. The average molecular weight is 360 g/mol. The summed E-state index contributed by atoms with van der Waals surface area (Å²) in [6.45, 7) is 3.99. The first kappa shape index (κ1) is 17.1. The van der Waals surface area contributed by atoms with E-state index in [0.717, 1.165) is 51.1 Å². The zero-order chi connectivity index (χ0) is 19.1. The summed E-state index contributed by atoms with van der Waals surface area (Å²) in [7, 11) is 0. The predicted octanol–water partition coefficient (Wildman–Crippen LogP) is 4.06. The van der Waals surface area contributed by atoms with Gasteiger partial charge >= 0.3 is 5.97 Å². The number of fused-ring (bicyclic) bond motifs is 2. The van der Waals surface area contributed by atoms with Gasteiger partial charge in [0.1, 0.15) is 0 Å². The highest BCUT2D eigenvalue weighted by atomic mass is 16.4. The van der Waals surface area contributed by atoms with E-state index < -0.39 is 5.97 Å². The van der Waals surface area contributed by atoms with Crippen molar-refractivity contribution in [1.82, 2.24) is 4.98 Å². The Morgan fingerprint density at radius 1 is 1.11 bits per heavy atom. The van der Waals surface area contributed by atoms with E-state index in [1.54, 1.807) is 4.90 Å². The highest BCUT2D eigenvalue weighted by Gasteiger charge is 2.37. The zero-order valence-corrected chi connectivity index (χ0v) is 15.2. The molecule has 3 aromatic rings. The average Bonchev–Trinajstić information content (AvgIpc) is 3.17. The van der Waals surface area contributed by atoms with Gasteiger partial charge in [-0.05, 0) is 37.5 Å². The monoisotopic (exact) mass is 360 g/mol. The molecule has 1 amide bonds. The topological polar surface area (TPSA) is 73.4 Å². The van der Waals surface area contributed by atoms with Crippen molar-refractivity contribution in [3.63, 3.8) is 0 Å². The number of aliphatic carboxylic acids is 1. The number of hydrogen-bond donors (Lipinski definition) is 2. The number of carboxylic acid groups (broad SMARTS) is 1. The van der Waals surface area contributed by atoms with Crippen molar-refractivity contribution in [3.05, 3.63) is 77.0 Å². The number of amides is 1. The standard InChI is InChI=1S/C22H20N2O3/c1-13-6-5-7-15-12-18(24(22(13)15)19(25)10-11-20(26)27)21-14(2)23-17-9-4-3-8-16(17)21/h3-11,18,23H,12H2,1-2H3,(H,26,27)/b11-10+. The van der Waals surface area contributed by atoms with Crippen LogP contribution in [-0.4, -0.2) is 22.0 Å². The minimum absolute atomic E-state index is 0.178. The molecule has 0 aliphatic carbocycles. The van der Waals surface area contributed by atoms with Crippen LogP contribution in [-0.2, 0) is 16.0 Å². The molecule has 4 rings (SSSR count). The molecule has 1 aromatic heterocycles. The van der Waals surface area contributed by atoms with Gasteiger partial charge in [0, 0.05) is 34.3 Å². The Balaban J connectivity index is 1.89. The molecule has 1 aliphatic rings. The zero-order valence-electron chi connectivity index (χ0n) is 15.2. The summed E-state index contributed by atoms with van der Waals surface area (Å²) < 4.78 is 0. The van der Waals surface area contributed by atoms with Crippen molar-refractivity contribution in [3.8, 4) is 0 Å². The van der Waals surface area contributed by atoms with E-state index in [9.17, 15) is 9.59 Å². The molecule has 1 atom stereocenters. The predicted molar refractivity (Wildman–Crippen MR) is 105 cm³/mol. The van der Waals surface area contributed by atoms with Crippen LogP contribution in [0.15, 0.2) is 54.6 Å². The minimum Gasteiger partial charge on any atom is -0.478 e. The number of carbonyl (C=O) groups excluding carboxylic acids is 1. The summed E-state index contributed by atoms with van der Waals surface area (Å²) in [5.74, 6) is -1.45. The molecular weight excluding hydrogens is 340 g/mol. The number of benzene rings is 2. The Hall–Kier alpha value is -3.34. The second kappa shape index (κ2) is 6.43. The molecular formula is C22H20N2O3. The van der Waals surface area contributed by atoms with Crippen molar-refractivity contribution in [2.75, 3.05) is 4.90 Å². The van der Waals surface area contributed by atoms with Crippen LogP contribution >= 0.6 is 0 Å². The van der Waals surface area contributed by atoms with E-state index in [0.29, 0.717) is 6.42 Å². The van der Waals surface area contributed by atoms with Gasteiger partial charge in [-0.1, -0.05) is 36.4 Å². The Labute approximate surface area is 156 Å². The summed E-state index contributed by atoms with van der Waals surface area (Å²) in [5.41, 5.74) is 6.12. The third kappa shape index (κ3) is 2.81. The molecule has 136 valence electrons. The van der Waals surface area contributed by atoms with Gasteiger partial charge in [-0.3, -0.25) is 4.79 Å². The van der Waals surface area contributed by atoms with Gasteiger partial charge in [-0.2, -0.15) is 0 Å². The summed E-state index contributed by atoms with van der Waals surface area (Å²) in [5, 5.41) is 10.0. The van der Waals surface area contributed by atoms with Gasteiger partial charge in [0.2, 0.25) is 0 Å². The largest absolute Gasteiger partial charge is 0.478 e. The van der Waals surface area contributed by atoms with Crippen LogP contribution in [0.1, 0.15) is 28.4 Å². The molecule has 2 N–H and O–H groups in total. The fourth-order valence-electron chi connectivity index (χ4n) is 4.13. The van der Waals surface area contributed by atoms with E-state index >= 15 is 0 Å². The molecule has 0 spiro atoms. The number of aromatic nitrogens is 1. The summed E-state index contributed by atoms with van der Waals surface area (Å²) in [4.78, 5) is 29.0. The molecule has 5 heteroatoms. The van der Waals surface area contributed by atoms with Crippen molar-refractivity contribution in [2.45, 2.75) is 26.3 Å². The number of anilines is 1. The van der Waals surface area contributed by atoms with Crippen molar-refractivity contribution in [2.24, 2.45) is 0 Å². The van der Waals surface area contributed by atoms with Crippen molar-refractivity contribution >= 4 is 28.5 Å². The van der Waals surface area contributed by atoms with Crippen LogP contribution in [0.2, 0.25) is 0 Å². The number of H-pyrrole nitrogens is 1. The fourth-order valence-corrected chi connectivity index (χ4v) is 4.13. The maximum atomic E-state index is 13.0. The van der Waals surface area contributed by atoms with Crippen molar-refractivity contribution < 1.29 is 14.7 Å². The molecule has 1 unspecified atom stereocenters. The Morgan fingerprint density at radius 2 is 1.89 bits per heavy atom. The molecule has 0 saturated heterocycles. The van der Waals surface area contributed by atoms with Crippen LogP contribution in [0.25, 0.3) is 10.9 Å². The van der Waals surface area contributed by atoms with Crippen molar-refractivity contribution in [1.29, 1.82) is 0 Å². The lowest BCUT2D eigenvalue weighted by Gasteiger charge is -2.26. The van der Waals surface area contributed by atoms with E-state index in [1.807, 2.05) is 50.2 Å². The van der Waals surface area contributed by atoms with Gasteiger partial charge in [0.25, 0.3) is 5.91 Å². The van der Waals surface area contributed by atoms with Gasteiger partial charge in [-0.25, -0.2) is 4.79 Å². The van der Waals surface area contributed by atoms with E-state index in [2.05, 4.69) is 11.1 Å². The van der Waals surface area contributed by atoms with Gasteiger partial charge in [0.05, 0.1) is 11.7 Å². The maximum absolute atomic E-state index is 13.0. The number of aromatic amines is 1. The first-order chi connectivity index (χ1) is 13.0. The maximum Gasteiger partial charge on any atom is 0.328 e. The third-order valence-corrected chi connectivity index (χ3v) is 5.17. The molecule has 2 aromatic carbocycles. The first-order valence-corrected chi connectivity index (χ1v) is 8.87. The number of rotatable bonds is 3. The summed E-state index contributed by atoms with van der Waals surface area (Å²) in [6.07, 6.45) is 2.74. The minimum atomic E-state index is -1.13. The van der Waals surface area contributed by atoms with E-state index in [-0.39, 0.29) is 11.9 Å². The molecule has 0 fully saturated rings. The highest BCUT2D eigenvalue weighted by Crippen LogP contribution is 2.45. The fraction of sp³-hybridized carbons (Fsp3) is 0.182. The van der Waals surface area contributed by atoms with E-state index in [4.69, 9.17) is 5.11 Å². The number of hydrogen-bond acceptors (Lipinski definition) is 2. The quantitative estimate of drug-likeness (QED) is 0.692. The lowest BCUT2D eigenvalue weighted by atomic mass is 9.99. The molecule has 5 nitrogen and oxygen atoms in total. The SMILES string of the molecule is Cc1cccc2c1N(C(=O)/C=C/C(=O)O)C(c1c(C)[nH]c3ccccc13)C2. The number of carbonyl (C=O) groups is 2. The molecule has 0 saturated carbocycles. The van der Waals surface area contributed by atoms with Gasteiger partial charge < -0.3 is 15.0 Å². The van der Waals surface area contributed by atoms with Crippen LogP contribution < -0.4 is 4.90 Å². The number of para-hydroxylation sites is 2. The molecule has 27 heavy (non-hydrogen) atoms.